The first-order valence-corrected chi connectivity index (χ1v) is 7.95. The molecule has 22 heavy (non-hydrogen) atoms. The fourth-order valence-electron chi connectivity index (χ4n) is 3.00. The van der Waals surface area contributed by atoms with Gasteiger partial charge in [0.05, 0.1) is 13.7 Å². The Hall–Kier alpha value is -1.75. The van der Waals surface area contributed by atoms with Gasteiger partial charge in [0.1, 0.15) is 0 Å². The lowest BCUT2D eigenvalue weighted by Gasteiger charge is -2.38. The van der Waals surface area contributed by atoms with E-state index in [9.17, 15) is 4.79 Å². The zero-order chi connectivity index (χ0) is 16.1. The number of hydrogen-bond acceptors (Lipinski definition) is 4. The van der Waals surface area contributed by atoms with Crippen LogP contribution >= 0.6 is 0 Å². The highest BCUT2D eigenvalue weighted by atomic mass is 16.5. The van der Waals surface area contributed by atoms with Gasteiger partial charge < -0.3 is 20.1 Å². The van der Waals surface area contributed by atoms with E-state index in [2.05, 4.69) is 0 Å². The van der Waals surface area contributed by atoms with E-state index in [-0.39, 0.29) is 18.0 Å². The molecule has 0 unspecified atom stereocenters. The SMILES string of the molecule is CCOc1ccc(C(=O)N2CCCC[C@@H]2[C@H](C)N)cc1OC. The van der Waals surface area contributed by atoms with E-state index < -0.39 is 0 Å². The van der Waals surface area contributed by atoms with Crippen molar-refractivity contribution in [2.24, 2.45) is 5.73 Å². The Morgan fingerprint density at radius 2 is 2.18 bits per heavy atom. The summed E-state index contributed by atoms with van der Waals surface area (Å²) in [6, 6.07) is 5.43. The van der Waals surface area contributed by atoms with E-state index in [0.29, 0.717) is 23.7 Å². The Bertz CT molecular complexity index is 517. The van der Waals surface area contributed by atoms with E-state index in [0.717, 1.165) is 25.8 Å². The molecular weight excluding hydrogens is 280 g/mol. The van der Waals surface area contributed by atoms with E-state index in [4.69, 9.17) is 15.2 Å². The maximum atomic E-state index is 12.8. The number of methoxy groups -OCH3 is 1. The second kappa shape index (κ2) is 7.49. The number of piperidine rings is 1. The minimum absolute atomic E-state index is 0.0170. The first-order chi connectivity index (χ1) is 10.6. The van der Waals surface area contributed by atoms with Crippen molar-refractivity contribution in [2.75, 3.05) is 20.3 Å². The third kappa shape index (κ3) is 3.53. The third-order valence-electron chi connectivity index (χ3n) is 4.13. The van der Waals surface area contributed by atoms with Crippen molar-refractivity contribution in [1.29, 1.82) is 0 Å². The molecule has 122 valence electrons. The Balaban J connectivity index is 2.24. The largest absolute Gasteiger partial charge is 0.493 e. The fourth-order valence-corrected chi connectivity index (χ4v) is 3.00. The van der Waals surface area contributed by atoms with Crippen LogP contribution in [0.25, 0.3) is 0 Å². The molecule has 1 saturated heterocycles. The number of likely N-dealkylation sites (tertiary alicyclic amines) is 1. The molecule has 2 atom stereocenters. The van der Waals surface area contributed by atoms with E-state index >= 15 is 0 Å². The van der Waals surface area contributed by atoms with Crippen LogP contribution in [0, 0.1) is 0 Å². The van der Waals surface area contributed by atoms with Crippen molar-refractivity contribution >= 4 is 5.91 Å². The monoisotopic (exact) mass is 306 g/mol. The summed E-state index contributed by atoms with van der Waals surface area (Å²) < 4.78 is 10.8. The summed E-state index contributed by atoms with van der Waals surface area (Å²) in [7, 11) is 1.58. The summed E-state index contributed by atoms with van der Waals surface area (Å²) in [6.07, 6.45) is 3.13. The topological polar surface area (TPSA) is 64.8 Å². The average molecular weight is 306 g/mol. The molecule has 0 radical (unpaired) electrons. The van der Waals surface area contributed by atoms with Gasteiger partial charge in [-0.15, -0.1) is 0 Å². The molecule has 5 nitrogen and oxygen atoms in total. The number of nitrogens with zero attached hydrogens (tertiary/aromatic N) is 1. The van der Waals surface area contributed by atoms with Crippen LogP contribution < -0.4 is 15.2 Å². The Kier molecular flexibility index (Phi) is 5.66. The number of hydrogen-bond donors (Lipinski definition) is 1. The molecule has 0 aliphatic carbocycles. The summed E-state index contributed by atoms with van der Waals surface area (Å²) in [5, 5.41) is 0. The maximum absolute atomic E-state index is 12.8. The standard InChI is InChI=1S/C17H26N2O3/c1-4-22-15-9-8-13(11-16(15)21-3)17(20)19-10-6-5-7-14(19)12(2)18/h8-9,11-12,14H,4-7,10,18H2,1-3H3/t12-,14+/m0/s1. The summed E-state index contributed by atoms with van der Waals surface area (Å²) in [4.78, 5) is 14.7. The molecule has 1 aliphatic heterocycles. The molecule has 1 aromatic carbocycles. The van der Waals surface area contributed by atoms with Gasteiger partial charge in [-0.1, -0.05) is 0 Å². The fraction of sp³-hybridized carbons (Fsp3) is 0.588. The van der Waals surface area contributed by atoms with Crippen LogP contribution in [0.3, 0.4) is 0 Å². The van der Waals surface area contributed by atoms with Gasteiger partial charge in [-0.05, 0) is 51.3 Å². The second-order valence-electron chi connectivity index (χ2n) is 5.72. The van der Waals surface area contributed by atoms with Crippen molar-refractivity contribution in [2.45, 2.75) is 45.2 Å². The van der Waals surface area contributed by atoms with Crippen molar-refractivity contribution < 1.29 is 14.3 Å². The zero-order valence-corrected chi connectivity index (χ0v) is 13.7. The van der Waals surface area contributed by atoms with Crippen LogP contribution in [-0.4, -0.2) is 43.2 Å². The summed E-state index contributed by atoms with van der Waals surface area (Å²) in [5.74, 6) is 1.26. The van der Waals surface area contributed by atoms with Crippen LogP contribution in [0.5, 0.6) is 11.5 Å². The quantitative estimate of drug-likeness (QED) is 0.907. The van der Waals surface area contributed by atoms with E-state index in [1.54, 1.807) is 25.3 Å². The van der Waals surface area contributed by atoms with Gasteiger partial charge >= 0.3 is 0 Å². The van der Waals surface area contributed by atoms with Gasteiger partial charge in [0.2, 0.25) is 0 Å². The number of amides is 1. The molecule has 0 saturated carbocycles. The number of carbonyl (C=O) groups is 1. The number of ether oxygens (including phenoxy) is 2. The van der Waals surface area contributed by atoms with Crippen LogP contribution in [0.4, 0.5) is 0 Å². The molecule has 2 N–H and O–H groups in total. The minimum Gasteiger partial charge on any atom is -0.493 e. The van der Waals surface area contributed by atoms with Gasteiger partial charge in [0.15, 0.2) is 11.5 Å². The molecule has 1 amide bonds. The molecule has 2 rings (SSSR count). The number of carbonyl (C=O) groups excluding carboxylic acids is 1. The van der Waals surface area contributed by atoms with Crippen molar-refractivity contribution in [1.82, 2.24) is 4.90 Å². The van der Waals surface area contributed by atoms with E-state index in [1.165, 1.54) is 0 Å². The predicted molar refractivity (Wildman–Crippen MR) is 86.5 cm³/mol. The number of benzene rings is 1. The summed E-state index contributed by atoms with van der Waals surface area (Å²) >= 11 is 0. The van der Waals surface area contributed by atoms with Gasteiger partial charge in [-0.2, -0.15) is 0 Å². The Morgan fingerprint density at radius 1 is 1.41 bits per heavy atom. The molecule has 5 heteroatoms. The van der Waals surface area contributed by atoms with Crippen molar-refractivity contribution in [3.8, 4) is 11.5 Å². The predicted octanol–water partition coefficient (Wildman–Crippen LogP) is 2.44. The highest BCUT2D eigenvalue weighted by molar-refractivity contribution is 5.95. The first-order valence-electron chi connectivity index (χ1n) is 7.95. The van der Waals surface area contributed by atoms with Crippen LogP contribution in [0.2, 0.25) is 0 Å². The molecule has 0 aromatic heterocycles. The van der Waals surface area contributed by atoms with Crippen LogP contribution in [0.1, 0.15) is 43.5 Å². The van der Waals surface area contributed by atoms with E-state index in [1.807, 2.05) is 18.7 Å². The second-order valence-corrected chi connectivity index (χ2v) is 5.72. The smallest absolute Gasteiger partial charge is 0.254 e. The van der Waals surface area contributed by atoms with Gasteiger partial charge in [-0.3, -0.25) is 4.79 Å². The number of rotatable bonds is 5. The average Bonchev–Trinajstić information content (AvgIpc) is 2.54. The molecule has 0 bridgehead atoms. The molecular formula is C17H26N2O3. The Labute approximate surface area is 132 Å². The highest BCUT2D eigenvalue weighted by Gasteiger charge is 2.30. The van der Waals surface area contributed by atoms with Gasteiger partial charge in [-0.25, -0.2) is 0 Å². The molecule has 1 aliphatic rings. The van der Waals surface area contributed by atoms with Crippen molar-refractivity contribution in [3.05, 3.63) is 23.8 Å². The maximum Gasteiger partial charge on any atom is 0.254 e. The summed E-state index contributed by atoms with van der Waals surface area (Å²) in [5.41, 5.74) is 6.67. The Morgan fingerprint density at radius 3 is 2.82 bits per heavy atom. The molecule has 1 aromatic rings. The highest BCUT2D eigenvalue weighted by Crippen LogP contribution is 2.29. The summed E-state index contributed by atoms with van der Waals surface area (Å²) in [6.45, 7) is 5.21. The normalized spacial score (nSPS) is 19.6. The molecule has 1 fully saturated rings. The molecule has 1 heterocycles. The number of nitrogens with two attached hydrogens (primary N) is 1. The lowest BCUT2D eigenvalue weighted by Crippen LogP contribution is -2.51. The lowest BCUT2D eigenvalue weighted by atomic mass is 9.96. The van der Waals surface area contributed by atoms with Crippen LogP contribution in [-0.2, 0) is 0 Å². The zero-order valence-electron chi connectivity index (χ0n) is 13.7. The van der Waals surface area contributed by atoms with Gasteiger partial charge in [0.25, 0.3) is 5.91 Å². The minimum atomic E-state index is -0.0196. The first kappa shape index (κ1) is 16.6. The van der Waals surface area contributed by atoms with Crippen LogP contribution in [0.15, 0.2) is 18.2 Å². The van der Waals surface area contributed by atoms with Gasteiger partial charge in [0, 0.05) is 24.2 Å². The molecule has 0 spiro atoms. The lowest BCUT2D eigenvalue weighted by molar-refractivity contribution is 0.0583. The van der Waals surface area contributed by atoms with Crippen molar-refractivity contribution in [3.63, 3.8) is 0 Å². The third-order valence-corrected chi connectivity index (χ3v) is 4.13.